The Labute approximate surface area is 154 Å². The first kappa shape index (κ1) is 19.2. The van der Waals surface area contributed by atoms with Crippen LogP contribution in [0.2, 0.25) is 0 Å². The minimum Gasteiger partial charge on any atom is -0.457 e. The molecule has 1 saturated heterocycles. The summed E-state index contributed by atoms with van der Waals surface area (Å²) in [5.74, 6) is 1.40. The van der Waals surface area contributed by atoms with Crippen LogP contribution in [0.1, 0.15) is 16.8 Å². The van der Waals surface area contributed by atoms with Crippen LogP contribution in [0.25, 0.3) is 0 Å². The topological polar surface area (TPSA) is 64.8 Å². The Balaban J connectivity index is 0.00000225. The van der Waals surface area contributed by atoms with Crippen LogP contribution in [0.5, 0.6) is 11.5 Å². The molecule has 0 aromatic heterocycles. The van der Waals surface area contributed by atoms with Gasteiger partial charge in [-0.1, -0.05) is 24.3 Å². The predicted octanol–water partition coefficient (Wildman–Crippen LogP) is 3.09. The van der Waals surface area contributed by atoms with E-state index in [-0.39, 0.29) is 24.4 Å². The number of para-hydroxylation sites is 1. The van der Waals surface area contributed by atoms with Crippen molar-refractivity contribution in [3.8, 4) is 11.5 Å². The smallest absolute Gasteiger partial charge is 0.254 e. The van der Waals surface area contributed by atoms with Gasteiger partial charge in [-0.3, -0.25) is 4.79 Å². The molecule has 2 N–H and O–H groups in total. The molecule has 0 bridgehead atoms. The van der Waals surface area contributed by atoms with E-state index in [1.54, 1.807) is 6.07 Å². The van der Waals surface area contributed by atoms with Gasteiger partial charge in [0, 0.05) is 18.7 Å². The zero-order valence-electron chi connectivity index (χ0n) is 14.0. The van der Waals surface area contributed by atoms with Crippen molar-refractivity contribution in [3.63, 3.8) is 0 Å². The third kappa shape index (κ3) is 5.19. The third-order valence-electron chi connectivity index (χ3n) is 3.97. The van der Waals surface area contributed by atoms with Crippen LogP contribution in [0.4, 0.5) is 0 Å². The van der Waals surface area contributed by atoms with Crippen LogP contribution in [0.15, 0.2) is 54.6 Å². The van der Waals surface area contributed by atoms with E-state index >= 15 is 0 Å². The van der Waals surface area contributed by atoms with Crippen LogP contribution in [-0.4, -0.2) is 43.2 Å². The van der Waals surface area contributed by atoms with E-state index in [1.165, 1.54) is 0 Å². The lowest BCUT2D eigenvalue weighted by atomic mass is 10.1. The summed E-state index contributed by atoms with van der Waals surface area (Å²) in [7, 11) is 0. The molecule has 3 rings (SSSR count). The van der Waals surface area contributed by atoms with Crippen molar-refractivity contribution < 1.29 is 14.3 Å². The fourth-order valence-electron chi connectivity index (χ4n) is 2.76. The Morgan fingerprint density at radius 1 is 1.16 bits per heavy atom. The number of ether oxygens (including phenoxy) is 2. The second-order valence-corrected chi connectivity index (χ2v) is 5.76. The quantitative estimate of drug-likeness (QED) is 0.887. The van der Waals surface area contributed by atoms with E-state index in [4.69, 9.17) is 15.2 Å². The molecule has 5 nitrogen and oxygen atoms in total. The molecule has 1 amide bonds. The summed E-state index contributed by atoms with van der Waals surface area (Å²) >= 11 is 0. The summed E-state index contributed by atoms with van der Waals surface area (Å²) < 4.78 is 11.4. The summed E-state index contributed by atoms with van der Waals surface area (Å²) in [5.41, 5.74) is 6.21. The van der Waals surface area contributed by atoms with Crippen molar-refractivity contribution in [1.29, 1.82) is 0 Å². The number of amides is 1. The highest BCUT2D eigenvalue weighted by molar-refractivity contribution is 5.94. The maximum Gasteiger partial charge on any atom is 0.254 e. The Kier molecular flexibility index (Phi) is 7.25. The van der Waals surface area contributed by atoms with E-state index < -0.39 is 0 Å². The molecule has 2 aromatic rings. The van der Waals surface area contributed by atoms with Gasteiger partial charge in [-0.25, -0.2) is 0 Å². The molecule has 1 atom stereocenters. The predicted molar refractivity (Wildman–Crippen MR) is 99.5 cm³/mol. The fraction of sp³-hybridized carbons (Fsp3) is 0.316. The van der Waals surface area contributed by atoms with Gasteiger partial charge in [0.15, 0.2) is 0 Å². The summed E-state index contributed by atoms with van der Waals surface area (Å²) in [4.78, 5) is 14.6. The lowest BCUT2D eigenvalue weighted by Gasteiger charge is -2.33. The maximum atomic E-state index is 12.7. The number of hydrogen-bond donors (Lipinski definition) is 1. The van der Waals surface area contributed by atoms with E-state index in [0.29, 0.717) is 37.6 Å². The first-order chi connectivity index (χ1) is 11.8. The molecule has 0 radical (unpaired) electrons. The molecule has 1 unspecified atom stereocenters. The molecule has 0 aliphatic carbocycles. The summed E-state index contributed by atoms with van der Waals surface area (Å²) in [6, 6.07) is 16.8. The number of benzene rings is 2. The maximum absolute atomic E-state index is 12.7. The summed E-state index contributed by atoms with van der Waals surface area (Å²) in [6.45, 7) is 2.30. The number of halogens is 1. The zero-order valence-corrected chi connectivity index (χ0v) is 14.8. The van der Waals surface area contributed by atoms with Gasteiger partial charge in [0.1, 0.15) is 11.5 Å². The summed E-state index contributed by atoms with van der Waals surface area (Å²) in [5, 5.41) is 0. The van der Waals surface area contributed by atoms with Crippen LogP contribution >= 0.6 is 12.4 Å². The molecule has 0 saturated carbocycles. The van der Waals surface area contributed by atoms with Crippen LogP contribution < -0.4 is 10.5 Å². The van der Waals surface area contributed by atoms with Crippen molar-refractivity contribution >= 4 is 18.3 Å². The van der Waals surface area contributed by atoms with Crippen LogP contribution in [0, 0.1) is 0 Å². The molecule has 1 aliphatic heterocycles. The van der Waals surface area contributed by atoms with Crippen molar-refractivity contribution in [2.45, 2.75) is 12.5 Å². The van der Waals surface area contributed by atoms with Gasteiger partial charge < -0.3 is 20.1 Å². The first-order valence-corrected chi connectivity index (χ1v) is 8.20. The third-order valence-corrected chi connectivity index (χ3v) is 3.97. The number of hydrogen-bond acceptors (Lipinski definition) is 4. The van der Waals surface area contributed by atoms with Gasteiger partial charge in [-0.15, -0.1) is 12.4 Å². The molecule has 2 aromatic carbocycles. The Morgan fingerprint density at radius 2 is 1.92 bits per heavy atom. The fourth-order valence-corrected chi connectivity index (χ4v) is 2.76. The number of rotatable bonds is 5. The van der Waals surface area contributed by atoms with E-state index in [2.05, 4.69) is 0 Å². The summed E-state index contributed by atoms with van der Waals surface area (Å²) in [6.07, 6.45) is 0.789. The molecule has 0 spiro atoms. The highest BCUT2D eigenvalue weighted by atomic mass is 35.5. The van der Waals surface area contributed by atoms with Crippen LogP contribution in [0.3, 0.4) is 0 Å². The van der Waals surface area contributed by atoms with E-state index in [1.807, 2.05) is 53.4 Å². The molecular weight excluding hydrogens is 340 g/mol. The van der Waals surface area contributed by atoms with Gasteiger partial charge >= 0.3 is 0 Å². The molecule has 1 aliphatic rings. The average Bonchev–Trinajstić information content (AvgIpc) is 2.63. The first-order valence-electron chi connectivity index (χ1n) is 8.20. The lowest BCUT2D eigenvalue weighted by Crippen LogP contribution is -2.46. The second-order valence-electron chi connectivity index (χ2n) is 5.76. The average molecular weight is 363 g/mol. The van der Waals surface area contributed by atoms with E-state index in [9.17, 15) is 4.79 Å². The number of carbonyl (C=O) groups is 1. The van der Waals surface area contributed by atoms with E-state index in [0.717, 1.165) is 12.2 Å². The molecule has 134 valence electrons. The number of nitrogens with zero attached hydrogens (tertiary/aromatic N) is 1. The highest BCUT2D eigenvalue weighted by Crippen LogP contribution is 2.23. The lowest BCUT2D eigenvalue weighted by molar-refractivity contribution is -0.0236. The number of carbonyl (C=O) groups excluding carboxylic acids is 1. The second kappa shape index (κ2) is 9.42. The zero-order chi connectivity index (χ0) is 16.8. The highest BCUT2D eigenvalue weighted by Gasteiger charge is 2.24. The molecule has 25 heavy (non-hydrogen) atoms. The van der Waals surface area contributed by atoms with Gasteiger partial charge in [-0.2, -0.15) is 0 Å². The van der Waals surface area contributed by atoms with Gasteiger partial charge in [0.25, 0.3) is 5.91 Å². The molecule has 1 heterocycles. The largest absolute Gasteiger partial charge is 0.457 e. The number of nitrogens with two attached hydrogens (primary N) is 1. The van der Waals surface area contributed by atoms with Crippen molar-refractivity contribution in [2.75, 3.05) is 26.2 Å². The monoisotopic (exact) mass is 362 g/mol. The van der Waals surface area contributed by atoms with Gasteiger partial charge in [0.05, 0.1) is 12.7 Å². The Bertz CT molecular complexity index is 679. The van der Waals surface area contributed by atoms with Crippen molar-refractivity contribution in [3.05, 3.63) is 60.2 Å². The Hall–Kier alpha value is -2.08. The normalized spacial score (nSPS) is 16.8. The SMILES string of the molecule is Cl.NCCC1CN(C(=O)c2cccc(Oc3ccccc3)c2)CCO1. The minimum absolute atomic E-state index is 0. The Morgan fingerprint density at radius 3 is 2.68 bits per heavy atom. The molecular formula is C19H23ClN2O3. The number of morpholine rings is 1. The van der Waals surface area contributed by atoms with Crippen molar-refractivity contribution in [1.82, 2.24) is 4.90 Å². The standard InChI is InChI=1S/C19H22N2O3.ClH/c20-10-9-18-14-21(11-12-23-18)19(22)15-5-4-8-17(13-15)24-16-6-2-1-3-7-16;/h1-8,13,18H,9-12,14,20H2;1H. The molecule has 6 heteroatoms. The van der Waals surface area contributed by atoms with Gasteiger partial charge in [-0.05, 0) is 43.3 Å². The minimum atomic E-state index is -0.00108. The van der Waals surface area contributed by atoms with Crippen LogP contribution in [-0.2, 0) is 4.74 Å². The van der Waals surface area contributed by atoms with Crippen molar-refractivity contribution in [2.24, 2.45) is 5.73 Å². The molecule has 1 fully saturated rings. The van der Waals surface area contributed by atoms with Gasteiger partial charge in [0.2, 0.25) is 0 Å².